The van der Waals surface area contributed by atoms with E-state index in [4.69, 9.17) is 11.6 Å². The topological polar surface area (TPSA) is 29.1 Å². The van der Waals surface area contributed by atoms with Gasteiger partial charge in [0.2, 0.25) is 0 Å². The molecule has 2 nitrogen and oxygen atoms in total. The molecular weight excluding hydrogens is 314 g/mol. The highest BCUT2D eigenvalue weighted by Crippen LogP contribution is 2.24. The number of carbonyl (C=O) groups is 1. The second-order valence-corrected chi connectivity index (χ2v) is 6.36. The fraction of sp³-hybridized carbons (Fsp3) is 0.500. The molecule has 2 unspecified atom stereocenters. The summed E-state index contributed by atoms with van der Waals surface area (Å²) in [7, 11) is 0. The summed E-state index contributed by atoms with van der Waals surface area (Å²) < 4.78 is 0. The Bertz CT molecular complexity index is 424. The minimum absolute atomic E-state index is 0.0335. The monoisotopic (exact) mass is 329 g/mol. The van der Waals surface area contributed by atoms with Crippen LogP contribution < -0.4 is 5.32 Å². The van der Waals surface area contributed by atoms with Crippen LogP contribution in [0.2, 0.25) is 5.02 Å². The van der Waals surface area contributed by atoms with Gasteiger partial charge in [-0.25, -0.2) is 0 Å². The zero-order valence-electron chi connectivity index (χ0n) is 10.2. The Morgan fingerprint density at radius 1 is 1.28 bits per heavy atom. The molecule has 1 aliphatic carbocycles. The van der Waals surface area contributed by atoms with Crippen LogP contribution in [0.4, 0.5) is 0 Å². The molecular formula is C14H17BrClNO. The molecule has 0 radical (unpaired) electrons. The van der Waals surface area contributed by atoms with Crippen molar-refractivity contribution in [2.45, 2.75) is 43.0 Å². The van der Waals surface area contributed by atoms with Crippen molar-refractivity contribution in [2.24, 2.45) is 0 Å². The van der Waals surface area contributed by atoms with Gasteiger partial charge in [-0.2, -0.15) is 0 Å². The Morgan fingerprint density at radius 3 is 2.83 bits per heavy atom. The van der Waals surface area contributed by atoms with E-state index in [-0.39, 0.29) is 11.9 Å². The predicted octanol–water partition coefficient (Wildman–Crippen LogP) is 4.17. The van der Waals surface area contributed by atoms with Crippen LogP contribution in [0.15, 0.2) is 24.3 Å². The van der Waals surface area contributed by atoms with Crippen molar-refractivity contribution in [3.8, 4) is 0 Å². The molecule has 2 rings (SSSR count). The van der Waals surface area contributed by atoms with Gasteiger partial charge in [0, 0.05) is 21.5 Å². The average Bonchev–Trinajstić information content (AvgIpc) is 2.55. The van der Waals surface area contributed by atoms with Crippen LogP contribution in [0.3, 0.4) is 0 Å². The summed E-state index contributed by atoms with van der Waals surface area (Å²) >= 11 is 9.58. The lowest BCUT2D eigenvalue weighted by atomic mass is 10.1. The molecule has 0 saturated heterocycles. The van der Waals surface area contributed by atoms with E-state index in [1.165, 1.54) is 19.3 Å². The number of benzene rings is 1. The zero-order valence-corrected chi connectivity index (χ0v) is 12.5. The van der Waals surface area contributed by atoms with Gasteiger partial charge in [0.25, 0.3) is 5.91 Å². The minimum atomic E-state index is -0.0335. The third kappa shape index (κ3) is 3.72. The molecule has 1 aromatic carbocycles. The average molecular weight is 331 g/mol. The molecule has 4 heteroatoms. The van der Waals surface area contributed by atoms with Crippen LogP contribution in [0, 0.1) is 0 Å². The van der Waals surface area contributed by atoms with Gasteiger partial charge < -0.3 is 5.32 Å². The van der Waals surface area contributed by atoms with Crippen LogP contribution in [0.5, 0.6) is 0 Å². The van der Waals surface area contributed by atoms with Crippen molar-refractivity contribution < 1.29 is 4.79 Å². The van der Waals surface area contributed by atoms with Crippen LogP contribution in [0.1, 0.15) is 42.5 Å². The van der Waals surface area contributed by atoms with Gasteiger partial charge in [-0.1, -0.05) is 52.9 Å². The van der Waals surface area contributed by atoms with Crippen molar-refractivity contribution in [2.75, 3.05) is 0 Å². The van der Waals surface area contributed by atoms with E-state index in [0.717, 1.165) is 12.8 Å². The Hall–Kier alpha value is -0.540. The predicted molar refractivity (Wildman–Crippen MR) is 78.5 cm³/mol. The van der Waals surface area contributed by atoms with Gasteiger partial charge in [0.15, 0.2) is 0 Å². The first-order valence-electron chi connectivity index (χ1n) is 6.37. The largest absolute Gasteiger partial charge is 0.348 e. The number of hydrogen-bond donors (Lipinski definition) is 1. The molecule has 1 fully saturated rings. The number of amides is 1. The second-order valence-electron chi connectivity index (χ2n) is 4.74. The van der Waals surface area contributed by atoms with E-state index in [1.807, 2.05) is 0 Å². The molecule has 0 spiro atoms. The molecule has 1 aliphatic rings. The normalized spacial score (nSPS) is 24.3. The highest BCUT2D eigenvalue weighted by atomic mass is 79.9. The molecule has 1 amide bonds. The maximum absolute atomic E-state index is 12.1. The molecule has 0 aliphatic heterocycles. The number of hydrogen-bond acceptors (Lipinski definition) is 1. The van der Waals surface area contributed by atoms with Crippen molar-refractivity contribution in [3.63, 3.8) is 0 Å². The summed E-state index contributed by atoms with van der Waals surface area (Å²) in [6, 6.07) is 7.30. The number of halogens is 2. The van der Waals surface area contributed by atoms with E-state index in [9.17, 15) is 4.79 Å². The van der Waals surface area contributed by atoms with Gasteiger partial charge in [-0.05, 0) is 31.0 Å². The van der Waals surface area contributed by atoms with Gasteiger partial charge in [0.1, 0.15) is 0 Å². The van der Waals surface area contributed by atoms with Gasteiger partial charge in [-0.3, -0.25) is 4.79 Å². The Balaban J connectivity index is 2.01. The number of nitrogens with one attached hydrogen (secondary N) is 1. The van der Waals surface area contributed by atoms with E-state index in [0.29, 0.717) is 15.4 Å². The number of rotatable bonds is 2. The van der Waals surface area contributed by atoms with E-state index < -0.39 is 0 Å². The summed E-state index contributed by atoms with van der Waals surface area (Å²) in [5, 5.41) is 3.70. The second kappa shape index (κ2) is 6.58. The van der Waals surface area contributed by atoms with Crippen molar-refractivity contribution >= 4 is 33.4 Å². The molecule has 0 bridgehead atoms. The Morgan fingerprint density at radius 2 is 2.06 bits per heavy atom. The zero-order chi connectivity index (χ0) is 13.0. The molecule has 1 N–H and O–H groups in total. The molecule has 1 saturated carbocycles. The summed E-state index contributed by atoms with van der Waals surface area (Å²) in [6.07, 6.45) is 5.84. The highest BCUT2D eigenvalue weighted by Gasteiger charge is 2.23. The smallest absolute Gasteiger partial charge is 0.251 e. The lowest BCUT2D eigenvalue weighted by Crippen LogP contribution is -2.40. The molecule has 1 aromatic rings. The quantitative estimate of drug-likeness (QED) is 0.640. The summed E-state index contributed by atoms with van der Waals surface area (Å²) in [4.78, 5) is 12.5. The number of alkyl halides is 1. The van der Waals surface area contributed by atoms with Crippen LogP contribution >= 0.6 is 27.5 Å². The van der Waals surface area contributed by atoms with Gasteiger partial charge in [-0.15, -0.1) is 0 Å². The minimum Gasteiger partial charge on any atom is -0.348 e. The lowest BCUT2D eigenvalue weighted by Gasteiger charge is -2.21. The van der Waals surface area contributed by atoms with E-state index in [2.05, 4.69) is 21.2 Å². The third-order valence-corrected chi connectivity index (χ3v) is 4.67. The summed E-state index contributed by atoms with van der Waals surface area (Å²) in [5.41, 5.74) is 0.631. The summed E-state index contributed by atoms with van der Waals surface area (Å²) in [6.45, 7) is 0. The standard InChI is InChI=1S/C14H17BrClNO/c15-12-7-2-1-3-8-13(12)17-14(18)10-5-4-6-11(16)9-10/h4-6,9,12-13H,1-3,7-8H2,(H,17,18). The third-order valence-electron chi connectivity index (χ3n) is 3.33. The number of carbonyl (C=O) groups excluding carboxylic acids is 1. The molecule has 0 heterocycles. The first kappa shape index (κ1) is 13.9. The first-order chi connectivity index (χ1) is 8.66. The van der Waals surface area contributed by atoms with E-state index in [1.54, 1.807) is 24.3 Å². The Kier molecular flexibility index (Phi) is 5.07. The van der Waals surface area contributed by atoms with Crippen LogP contribution in [-0.2, 0) is 0 Å². The van der Waals surface area contributed by atoms with Gasteiger partial charge in [0.05, 0.1) is 0 Å². The van der Waals surface area contributed by atoms with Crippen molar-refractivity contribution in [1.29, 1.82) is 0 Å². The van der Waals surface area contributed by atoms with Crippen molar-refractivity contribution in [3.05, 3.63) is 34.9 Å². The fourth-order valence-electron chi connectivity index (χ4n) is 2.31. The Labute approximate surface area is 121 Å². The molecule has 18 heavy (non-hydrogen) atoms. The maximum Gasteiger partial charge on any atom is 0.251 e. The van der Waals surface area contributed by atoms with Crippen LogP contribution in [0.25, 0.3) is 0 Å². The molecule has 0 aromatic heterocycles. The SMILES string of the molecule is O=C(NC1CCCCCC1Br)c1cccc(Cl)c1. The van der Waals surface area contributed by atoms with E-state index >= 15 is 0 Å². The van der Waals surface area contributed by atoms with Crippen molar-refractivity contribution in [1.82, 2.24) is 5.32 Å². The van der Waals surface area contributed by atoms with Gasteiger partial charge >= 0.3 is 0 Å². The highest BCUT2D eigenvalue weighted by molar-refractivity contribution is 9.09. The summed E-state index contributed by atoms with van der Waals surface area (Å²) in [5.74, 6) is -0.0335. The lowest BCUT2D eigenvalue weighted by molar-refractivity contribution is 0.0935. The molecule has 2 atom stereocenters. The fourth-order valence-corrected chi connectivity index (χ4v) is 3.22. The first-order valence-corrected chi connectivity index (χ1v) is 7.66. The van der Waals surface area contributed by atoms with Crippen LogP contribution in [-0.4, -0.2) is 16.8 Å². The maximum atomic E-state index is 12.1. The molecule has 98 valence electrons.